The van der Waals surface area contributed by atoms with Crippen molar-refractivity contribution >= 4 is 15.7 Å². The third-order valence-electron chi connectivity index (χ3n) is 4.74. The fraction of sp³-hybridized carbons (Fsp3) is 0.632. The number of hydrogen-bond acceptors (Lipinski definition) is 3. The fourth-order valence-corrected chi connectivity index (χ4v) is 5.01. The van der Waals surface area contributed by atoms with Crippen LogP contribution in [0.2, 0.25) is 0 Å². The lowest BCUT2D eigenvalue weighted by atomic mass is 9.90. The lowest BCUT2D eigenvalue weighted by Gasteiger charge is -2.34. The van der Waals surface area contributed by atoms with Crippen molar-refractivity contribution in [3.63, 3.8) is 0 Å². The zero-order valence-corrected chi connectivity index (χ0v) is 16.9. The lowest BCUT2D eigenvalue weighted by molar-refractivity contribution is -0.137. The topological polar surface area (TPSA) is 63.2 Å². The number of carbonyl (C=O) groups is 1. The second-order valence-electron chi connectivity index (χ2n) is 8.49. The van der Waals surface area contributed by atoms with Crippen LogP contribution in [-0.4, -0.2) is 25.4 Å². The molecule has 4 nitrogen and oxygen atoms in total. The molecule has 1 N–H and O–H groups in total. The molecule has 1 aromatic carbocycles. The monoisotopic (exact) mass is 423 g/mol. The Morgan fingerprint density at radius 2 is 1.75 bits per heavy atom. The molecule has 1 amide bonds. The van der Waals surface area contributed by atoms with Gasteiger partial charge in [0.1, 0.15) is 0 Å². The van der Waals surface area contributed by atoms with Crippen molar-refractivity contribution in [3.8, 4) is 0 Å². The van der Waals surface area contributed by atoms with Crippen molar-refractivity contribution in [2.45, 2.75) is 75.0 Å². The van der Waals surface area contributed by atoms with E-state index >= 15 is 4.39 Å². The summed E-state index contributed by atoms with van der Waals surface area (Å²) < 4.78 is 79.2. The second-order valence-corrected chi connectivity index (χ2v) is 10.7. The van der Waals surface area contributed by atoms with Gasteiger partial charge in [0.15, 0.2) is 0 Å². The third kappa shape index (κ3) is 5.24. The number of hydrogen-bond donors (Lipinski definition) is 1. The molecule has 0 unspecified atom stereocenters. The van der Waals surface area contributed by atoms with E-state index in [1.165, 1.54) is 0 Å². The Morgan fingerprint density at radius 1 is 1.18 bits per heavy atom. The minimum Gasteiger partial charge on any atom is -0.353 e. The lowest BCUT2D eigenvalue weighted by Crippen LogP contribution is -2.45. The summed E-state index contributed by atoms with van der Waals surface area (Å²) in [5.74, 6) is -0.190. The van der Waals surface area contributed by atoms with Crippen molar-refractivity contribution < 1.29 is 30.8 Å². The first-order chi connectivity index (χ1) is 12.6. The minimum absolute atomic E-state index is 0.102. The van der Waals surface area contributed by atoms with E-state index in [2.05, 4.69) is 5.32 Å². The van der Waals surface area contributed by atoms with E-state index in [4.69, 9.17) is 0 Å². The second kappa shape index (κ2) is 7.65. The number of amides is 1. The summed E-state index contributed by atoms with van der Waals surface area (Å²) in [5, 5.41) is 0.134. The first kappa shape index (κ1) is 22.6. The SMILES string of the molecule is CC(C)(C)CC(=O)N[C@H]1CC[C@@](F)(S(=O)(=O)c2cccc(C(F)(F)F)c2)CC1. The summed E-state index contributed by atoms with van der Waals surface area (Å²) in [6, 6.07) is 2.79. The molecule has 0 heterocycles. The first-order valence-corrected chi connectivity index (χ1v) is 10.5. The molecule has 1 aliphatic carbocycles. The molecule has 158 valence electrons. The fourth-order valence-electron chi connectivity index (χ4n) is 3.27. The molecule has 0 bridgehead atoms. The van der Waals surface area contributed by atoms with Gasteiger partial charge in [0, 0.05) is 12.5 Å². The van der Waals surface area contributed by atoms with Gasteiger partial charge in [-0.1, -0.05) is 26.8 Å². The molecule has 1 saturated carbocycles. The van der Waals surface area contributed by atoms with E-state index in [1.54, 1.807) is 0 Å². The van der Waals surface area contributed by atoms with Crippen LogP contribution in [0.5, 0.6) is 0 Å². The van der Waals surface area contributed by atoms with Crippen LogP contribution in [0.15, 0.2) is 29.2 Å². The summed E-state index contributed by atoms with van der Waals surface area (Å²) in [7, 11) is -4.60. The first-order valence-electron chi connectivity index (χ1n) is 9.04. The van der Waals surface area contributed by atoms with Crippen LogP contribution >= 0.6 is 0 Å². The molecule has 0 radical (unpaired) electrons. The van der Waals surface area contributed by atoms with Crippen LogP contribution in [0.4, 0.5) is 17.6 Å². The van der Waals surface area contributed by atoms with E-state index in [0.717, 1.165) is 18.2 Å². The van der Waals surface area contributed by atoms with Gasteiger partial charge >= 0.3 is 6.18 Å². The minimum atomic E-state index is -4.72. The Balaban J connectivity index is 2.11. The molecule has 1 aliphatic rings. The highest BCUT2D eigenvalue weighted by Gasteiger charge is 2.48. The third-order valence-corrected chi connectivity index (χ3v) is 6.99. The maximum atomic E-state index is 15.3. The van der Waals surface area contributed by atoms with E-state index < -0.39 is 31.5 Å². The number of carbonyl (C=O) groups excluding carboxylic acids is 1. The van der Waals surface area contributed by atoms with Gasteiger partial charge in [-0.25, -0.2) is 12.8 Å². The van der Waals surface area contributed by atoms with Crippen molar-refractivity contribution in [1.82, 2.24) is 5.32 Å². The van der Waals surface area contributed by atoms with Crippen LogP contribution in [0, 0.1) is 5.41 Å². The van der Waals surface area contributed by atoms with Gasteiger partial charge in [-0.2, -0.15) is 13.2 Å². The van der Waals surface area contributed by atoms with Crippen molar-refractivity contribution in [3.05, 3.63) is 29.8 Å². The number of rotatable bonds is 4. The van der Waals surface area contributed by atoms with E-state index in [-0.39, 0.29) is 49.5 Å². The van der Waals surface area contributed by atoms with Gasteiger partial charge in [0.05, 0.1) is 10.5 Å². The summed E-state index contributed by atoms with van der Waals surface area (Å²) in [5.41, 5.74) is -1.35. The highest BCUT2D eigenvalue weighted by molar-refractivity contribution is 7.92. The smallest absolute Gasteiger partial charge is 0.353 e. The summed E-state index contributed by atoms with van der Waals surface area (Å²) in [6.07, 6.45) is -5.00. The molecule has 0 atom stereocenters. The predicted octanol–water partition coefficient (Wildman–Crippen LogP) is 4.64. The van der Waals surface area contributed by atoms with Crippen LogP contribution in [0.1, 0.15) is 58.4 Å². The van der Waals surface area contributed by atoms with Gasteiger partial charge in [-0.05, 0) is 49.3 Å². The molecular formula is C19H25F4NO3S. The zero-order chi connectivity index (χ0) is 21.4. The Morgan fingerprint density at radius 3 is 2.25 bits per heavy atom. The van der Waals surface area contributed by atoms with Gasteiger partial charge in [0.2, 0.25) is 20.7 Å². The predicted molar refractivity (Wildman–Crippen MR) is 96.9 cm³/mol. The molecule has 28 heavy (non-hydrogen) atoms. The molecule has 0 aliphatic heterocycles. The average molecular weight is 423 g/mol. The number of alkyl halides is 4. The van der Waals surface area contributed by atoms with Crippen LogP contribution in [0.3, 0.4) is 0 Å². The largest absolute Gasteiger partial charge is 0.416 e. The summed E-state index contributed by atoms with van der Waals surface area (Å²) in [4.78, 5) is 11.3. The molecule has 0 aromatic heterocycles. The molecule has 2 rings (SSSR count). The standard InChI is InChI=1S/C19H25F4NO3S/c1-17(2,3)12-16(25)24-14-7-9-18(20,10-8-14)28(26,27)15-6-4-5-13(11-15)19(21,22)23/h4-6,11,14H,7-10,12H2,1-3H3,(H,24,25)/t14-,18+. The van der Waals surface area contributed by atoms with E-state index in [1.807, 2.05) is 20.8 Å². The number of nitrogens with one attached hydrogen (secondary N) is 1. The highest BCUT2D eigenvalue weighted by atomic mass is 32.2. The summed E-state index contributed by atoms with van der Waals surface area (Å²) >= 11 is 0. The van der Waals surface area contributed by atoms with Crippen molar-refractivity contribution in [1.29, 1.82) is 0 Å². The van der Waals surface area contributed by atoms with Crippen LogP contribution in [0.25, 0.3) is 0 Å². The average Bonchev–Trinajstić information content (AvgIpc) is 2.54. The number of halogens is 4. The molecule has 1 fully saturated rings. The van der Waals surface area contributed by atoms with Crippen molar-refractivity contribution in [2.75, 3.05) is 0 Å². The molecule has 9 heteroatoms. The Kier molecular flexibility index (Phi) is 6.19. The summed E-state index contributed by atoms with van der Waals surface area (Å²) in [6.45, 7) is 5.71. The maximum absolute atomic E-state index is 15.3. The van der Waals surface area contributed by atoms with Gasteiger partial charge < -0.3 is 5.32 Å². The van der Waals surface area contributed by atoms with Gasteiger partial charge in [0.25, 0.3) is 0 Å². The quantitative estimate of drug-likeness (QED) is 0.718. The molecule has 0 saturated heterocycles. The Labute approximate surface area is 162 Å². The van der Waals surface area contributed by atoms with Crippen molar-refractivity contribution in [2.24, 2.45) is 5.41 Å². The van der Waals surface area contributed by atoms with Crippen LogP contribution in [-0.2, 0) is 20.8 Å². The number of sulfone groups is 1. The molecule has 1 aromatic rings. The van der Waals surface area contributed by atoms with E-state index in [0.29, 0.717) is 6.07 Å². The van der Waals surface area contributed by atoms with E-state index in [9.17, 15) is 26.4 Å². The number of benzene rings is 1. The maximum Gasteiger partial charge on any atom is 0.416 e. The highest BCUT2D eigenvalue weighted by Crippen LogP contribution is 2.41. The van der Waals surface area contributed by atoms with Gasteiger partial charge in [-0.15, -0.1) is 0 Å². The Bertz CT molecular complexity index is 820. The normalized spacial score (nSPS) is 24.0. The molecular weight excluding hydrogens is 398 g/mol. The van der Waals surface area contributed by atoms with Gasteiger partial charge in [-0.3, -0.25) is 4.79 Å². The molecule has 0 spiro atoms. The Hall–Kier alpha value is -1.64. The zero-order valence-electron chi connectivity index (χ0n) is 16.1. The van der Waals surface area contributed by atoms with Crippen LogP contribution < -0.4 is 5.32 Å².